The average Bonchev–Trinajstić information content (AvgIpc) is 2.71. The number of rotatable bonds is 2. The van der Waals surface area contributed by atoms with Crippen molar-refractivity contribution in [2.45, 2.75) is 39.3 Å². The summed E-state index contributed by atoms with van der Waals surface area (Å²) in [4.78, 5) is 19.3. The summed E-state index contributed by atoms with van der Waals surface area (Å²) in [5, 5.41) is 1.05. The lowest BCUT2D eigenvalue weighted by atomic mass is 10.2. The highest BCUT2D eigenvalue weighted by atomic mass is 32.1. The summed E-state index contributed by atoms with van der Waals surface area (Å²) in [6.07, 6.45) is 0.764. The molecule has 2 unspecified atom stereocenters. The number of nitrogens with two attached hydrogens (primary N) is 1. The van der Waals surface area contributed by atoms with Gasteiger partial charge in [0.15, 0.2) is 0 Å². The van der Waals surface area contributed by atoms with Gasteiger partial charge in [-0.2, -0.15) is 0 Å². The first-order valence-electron chi connectivity index (χ1n) is 5.50. The molecule has 0 spiro atoms. The molecule has 1 aliphatic rings. The highest BCUT2D eigenvalue weighted by Gasteiger charge is 2.33. The number of thiazole rings is 1. The standard InChI is InChI=1S/C11H17N3OS/c1-6-10(16-8(3)13-6)7(2)14-5-4-9(12)11(14)15/h7,9H,4-5,12H2,1-3H3. The van der Waals surface area contributed by atoms with Crippen LogP contribution in [0.4, 0.5) is 0 Å². The zero-order valence-corrected chi connectivity index (χ0v) is 10.7. The van der Waals surface area contributed by atoms with Gasteiger partial charge in [0.2, 0.25) is 5.91 Å². The molecule has 0 bridgehead atoms. The third-order valence-electron chi connectivity index (χ3n) is 3.07. The van der Waals surface area contributed by atoms with Crippen molar-refractivity contribution in [1.82, 2.24) is 9.88 Å². The van der Waals surface area contributed by atoms with E-state index in [1.54, 1.807) is 11.3 Å². The Labute approximate surface area is 99.5 Å². The summed E-state index contributed by atoms with van der Waals surface area (Å²) >= 11 is 1.67. The summed E-state index contributed by atoms with van der Waals surface area (Å²) in [6.45, 7) is 6.80. The third-order valence-corrected chi connectivity index (χ3v) is 4.31. The van der Waals surface area contributed by atoms with Gasteiger partial charge in [0.25, 0.3) is 0 Å². The fraction of sp³-hybridized carbons (Fsp3) is 0.636. The van der Waals surface area contributed by atoms with E-state index in [4.69, 9.17) is 5.73 Å². The van der Waals surface area contributed by atoms with Crippen LogP contribution in [0.5, 0.6) is 0 Å². The summed E-state index contributed by atoms with van der Waals surface area (Å²) in [6, 6.07) is -0.205. The molecule has 0 radical (unpaired) electrons. The number of likely N-dealkylation sites (tertiary alicyclic amines) is 1. The molecule has 1 amide bonds. The number of carbonyl (C=O) groups excluding carboxylic acids is 1. The van der Waals surface area contributed by atoms with Crippen molar-refractivity contribution in [1.29, 1.82) is 0 Å². The van der Waals surface area contributed by atoms with E-state index in [-0.39, 0.29) is 18.0 Å². The Morgan fingerprint density at radius 3 is 2.69 bits per heavy atom. The van der Waals surface area contributed by atoms with Crippen molar-refractivity contribution in [2.75, 3.05) is 6.54 Å². The third kappa shape index (κ3) is 1.85. The van der Waals surface area contributed by atoms with Crippen LogP contribution in [0, 0.1) is 13.8 Å². The lowest BCUT2D eigenvalue weighted by molar-refractivity contribution is -0.130. The molecule has 16 heavy (non-hydrogen) atoms. The molecule has 0 aromatic carbocycles. The molecule has 1 fully saturated rings. The van der Waals surface area contributed by atoms with E-state index in [0.29, 0.717) is 0 Å². The van der Waals surface area contributed by atoms with Gasteiger partial charge in [0, 0.05) is 11.4 Å². The molecule has 2 atom stereocenters. The molecule has 0 saturated carbocycles. The Bertz CT molecular complexity index is 415. The Hall–Kier alpha value is -0.940. The highest BCUT2D eigenvalue weighted by Crippen LogP contribution is 2.31. The van der Waals surface area contributed by atoms with Crippen LogP contribution in [0.15, 0.2) is 0 Å². The molecular formula is C11H17N3OS. The lowest BCUT2D eigenvalue weighted by Gasteiger charge is -2.23. The second-order valence-electron chi connectivity index (χ2n) is 4.29. The number of aromatic nitrogens is 1. The van der Waals surface area contributed by atoms with Crippen LogP contribution >= 0.6 is 11.3 Å². The van der Waals surface area contributed by atoms with Gasteiger partial charge in [0.1, 0.15) is 0 Å². The van der Waals surface area contributed by atoms with Crippen LogP contribution in [0.25, 0.3) is 0 Å². The molecule has 2 heterocycles. The smallest absolute Gasteiger partial charge is 0.240 e. The molecule has 88 valence electrons. The Morgan fingerprint density at radius 2 is 2.25 bits per heavy atom. The first-order valence-corrected chi connectivity index (χ1v) is 6.32. The second-order valence-corrected chi connectivity index (χ2v) is 5.52. The topological polar surface area (TPSA) is 59.2 Å². The number of nitrogens with zero attached hydrogens (tertiary/aromatic N) is 2. The quantitative estimate of drug-likeness (QED) is 0.848. The molecule has 4 nitrogen and oxygen atoms in total. The van der Waals surface area contributed by atoms with E-state index in [9.17, 15) is 4.79 Å². The van der Waals surface area contributed by atoms with Crippen molar-refractivity contribution in [3.63, 3.8) is 0 Å². The fourth-order valence-electron chi connectivity index (χ4n) is 2.19. The predicted molar refractivity (Wildman–Crippen MR) is 64.3 cm³/mol. The summed E-state index contributed by atoms with van der Waals surface area (Å²) in [5.74, 6) is 0.0675. The van der Waals surface area contributed by atoms with Gasteiger partial charge < -0.3 is 10.6 Å². The van der Waals surface area contributed by atoms with Gasteiger partial charge in [0.05, 0.1) is 22.8 Å². The zero-order chi connectivity index (χ0) is 11.9. The summed E-state index contributed by atoms with van der Waals surface area (Å²) < 4.78 is 0. The summed E-state index contributed by atoms with van der Waals surface area (Å²) in [7, 11) is 0. The van der Waals surface area contributed by atoms with Crippen LogP contribution in [-0.2, 0) is 4.79 Å². The van der Waals surface area contributed by atoms with Crippen molar-refractivity contribution >= 4 is 17.2 Å². The van der Waals surface area contributed by atoms with Crippen molar-refractivity contribution < 1.29 is 4.79 Å². The predicted octanol–water partition coefficient (Wildman–Crippen LogP) is 1.38. The molecule has 2 rings (SSSR count). The van der Waals surface area contributed by atoms with Crippen molar-refractivity contribution in [3.05, 3.63) is 15.6 Å². The summed E-state index contributed by atoms with van der Waals surface area (Å²) in [5.41, 5.74) is 6.76. The van der Waals surface area contributed by atoms with Crippen LogP contribution in [0.1, 0.15) is 35.0 Å². The fourth-order valence-corrected chi connectivity index (χ4v) is 3.18. The maximum atomic E-state index is 11.8. The molecule has 0 aliphatic carbocycles. The minimum atomic E-state index is -0.309. The van der Waals surface area contributed by atoms with Gasteiger partial charge in [-0.25, -0.2) is 4.98 Å². The molecule has 5 heteroatoms. The molecule has 1 saturated heterocycles. The first-order chi connectivity index (χ1) is 7.50. The molecular weight excluding hydrogens is 222 g/mol. The van der Waals surface area contributed by atoms with E-state index >= 15 is 0 Å². The van der Waals surface area contributed by atoms with Crippen molar-refractivity contribution in [3.8, 4) is 0 Å². The van der Waals surface area contributed by atoms with Gasteiger partial charge in [-0.15, -0.1) is 11.3 Å². The average molecular weight is 239 g/mol. The van der Waals surface area contributed by atoms with Crippen LogP contribution in [0.3, 0.4) is 0 Å². The van der Waals surface area contributed by atoms with Crippen LogP contribution in [0.2, 0.25) is 0 Å². The number of carbonyl (C=O) groups is 1. The van der Waals surface area contributed by atoms with E-state index < -0.39 is 0 Å². The highest BCUT2D eigenvalue weighted by molar-refractivity contribution is 7.11. The van der Waals surface area contributed by atoms with Crippen molar-refractivity contribution in [2.24, 2.45) is 5.73 Å². The molecule has 1 aromatic rings. The first kappa shape index (κ1) is 11.5. The monoisotopic (exact) mass is 239 g/mol. The van der Waals surface area contributed by atoms with E-state index in [2.05, 4.69) is 11.9 Å². The molecule has 1 aliphatic heterocycles. The van der Waals surface area contributed by atoms with Gasteiger partial charge in [-0.1, -0.05) is 0 Å². The zero-order valence-electron chi connectivity index (χ0n) is 9.86. The van der Waals surface area contributed by atoms with E-state index in [0.717, 1.165) is 23.7 Å². The maximum Gasteiger partial charge on any atom is 0.240 e. The maximum absolute atomic E-state index is 11.8. The van der Waals surface area contributed by atoms with Crippen LogP contribution in [-0.4, -0.2) is 28.4 Å². The van der Waals surface area contributed by atoms with Crippen LogP contribution < -0.4 is 5.73 Å². The lowest BCUT2D eigenvalue weighted by Crippen LogP contribution is -2.35. The molecule has 1 aromatic heterocycles. The SMILES string of the molecule is Cc1nc(C)c(C(C)N2CCC(N)C2=O)s1. The van der Waals surface area contributed by atoms with Gasteiger partial charge in [-0.05, 0) is 27.2 Å². The Kier molecular flexibility index (Phi) is 2.99. The number of hydrogen-bond donors (Lipinski definition) is 1. The van der Waals surface area contributed by atoms with Gasteiger partial charge in [-0.3, -0.25) is 4.79 Å². The van der Waals surface area contributed by atoms with Gasteiger partial charge >= 0.3 is 0 Å². The molecule has 2 N–H and O–H groups in total. The number of aryl methyl sites for hydroxylation is 2. The largest absolute Gasteiger partial charge is 0.334 e. The number of amides is 1. The minimum Gasteiger partial charge on any atom is -0.334 e. The Balaban J connectivity index is 2.22. The van der Waals surface area contributed by atoms with E-state index in [1.165, 1.54) is 4.88 Å². The Morgan fingerprint density at radius 1 is 1.56 bits per heavy atom. The minimum absolute atomic E-state index is 0.0675. The van der Waals surface area contributed by atoms with E-state index in [1.807, 2.05) is 18.7 Å². The normalized spacial score (nSPS) is 22.9. The number of hydrogen-bond acceptors (Lipinski definition) is 4. The second kappa shape index (κ2) is 4.14.